The van der Waals surface area contributed by atoms with Gasteiger partial charge in [-0.05, 0) is 41.5 Å². The summed E-state index contributed by atoms with van der Waals surface area (Å²) >= 11 is 0. The maximum absolute atomic E-state index is 12.0. The molecule has 126 valence electrons. The molecule has 0 aromatic heterocycles. The van der Waals surface area contributed by atoms with Gasteiger partial charge in [0.1, 0.15) is 24.3 Å². The number of hydrogen-bond donors (Lipinski definition) is 0. The zero-order valence-electron chi connectivity index (χ0n) is 14.3. The molecule has 1 fully saturated rings. The second-order valence-corrected chi connectivity index (χ2v) is 7.30. The van der Waals surface area contributed by atoms with Crippen LogP contribution in [0.2, 0.25) is 0 Å². The van der Waals surface area contributed by atoms with Crippen LogP contribution in [0.3, 0.4) is 0 Å². The van der Waals surface area contributed by atoms with Gasteiger partial charge in [-0.2, -0.15) is 0 Å². The van der Waals surface area contributed by atoms with Crippen molar-refractivity contribution in [1.82, 2.24) is 9.80 Å². The Morgan fingerprint density at radius 1 is 1.00 bits per heavy atom. The Kier molecular flexibility index (Phi) is 5.43. The van der Waals surface area contributed by atoms with Crippen LogP contribution in [-0.4, -0.2) is 65.2 Å². The molecule has 2 amide bonds. The van der Waals surface area contributed by atoms with Crippen molar-refractivity contribution < 1.29 is 23.9 Å². The monoisotopic (exact) mass is 314 g/mol. The Bertz CT molecular complexity index is 448. The molecule has 0 aliphatic carbocycles. The fourth-order valence-electron chi connectivity index (χ4n) is 1.89. The Hall–Kier alpha value is -1.79. The van der Waals surface area contributed by atoms with Gasteiger partial charge in [0, 0.05) is 13.1 Å². The maximum Gasteiger partial charge on any atom is 0.410 e. The van der Waals surface area contributed by atoms with Crippen molar-refractivity contribution in [1.29, 1.82) is 0 Å². The zero-order valence-corrected chi connectivity index (χ0v) is 14.3. The largest absolute Gasteiger partial charge is 0.459 e. The lowest BCUT2D eigenvalue weighted by atomic mass is 10.2. The minimum absolute atomic E-state index is 0.0856. The summed E-state index contributed by atoms with van der Waals surface area (Å²) in [5.41, 5.74) is -1.19. The van der Waals surface area contributed by atoms with E-state index in [0.717, 1.165) is 0 Å². The highest BCUT2D eigenvalue weighted by atomic mass is 16.6. The number of nitrogens with zero attached hydrogens (tertiary/aromatic N) is 2. The topological polar surface area (TPSA) is 76.2 Å². The van der Waals surface area contributed by atoms with Gasteiger partial charge in [-0.15, -0.1) is 0 Å². The lowest BCUT2D eigenvalue weighted by Gasteiger charge is -2.35. The summed E-state index contributed by atoms with van der Waals surface area (Å²) < 4.78 is 10.4. The van der Waals surface area contributed by atoms with Gasteiger partial charge in [0.25, 0.3) is 0 Å². The lowest BCUT2D eigenvalue weighted by Crippen LogP contribution is -2.54. The number of esters is 1. The van der Waals surface area contributed by atoms with Crippen LogP contribution < -0.4 is 0 Å². The first kappa shape index (κ1) is 18.3. The molecule has 0 spiro atoms. The highest BCUT2D eigenvalue weighted by Gasteiger charge is 2.31. The van der Waals surface area contributed by atoms with Gasteiger partial charge in [-0.1, -0.05) is 0 Å². The molecule has 1 aliphatic rings. The van der Waals surface area contributed by atoms with Crippen molar-refractivity contribution in [2.45, 2.75) is 52.7 Å². The number of hydrogen-bond acceptors (Lipinski definition) is 5. The highest BCUT2D eigenvalue weighted by molar-refractivity contribution is 5.86. The molecule has 0 N–H and O–H groups in total. The maximum atomic E-state index is 12.0. The molecule has 0 bridgehead atoms. The molecule has 7 nitrogen and oxygen atoms in total. The molecule has 7 heteroatoms. The molecular weight excluding hydrogens is 288 g/mol. The van der Waals surface area contributed by atoms with Gasteiger partial charge in [-0.25, -0.2) is 4.79 Å². The molecule has 0 aromatic rings. The second-order valence-electron chi connectivity index (χ2n) is 7.30. The molecule has 0 radical (unpaired) electrons. The minimum Gasteiger partial charge on any atom is -0.459 e. The minimum atomic E-state index is -0.603. The number of carbonyl (C=O) groups is 3. The van der Waals surface area contributed by atoms with E-state index in [1.54, 1.807) is 41.5 Å². The Balaban J connectivity index is 2.51. The van der Waals surface area contributed by atoms with Gasteiger partial charge in [0.15, 0.2) is 0 Å². The van der Waals surface area contributed by atoms with Crippen molar-refractivity contribution in [2.24, 2.45) is 0 Å². The van der Waals surface area contributed by atoms with Gasteiger partial charge in [-0.3, -0.25) is 14.5 Å². The van der Waals surface area contributed by atoms with Crippen molar-refractivity contribution >= 4 is 18.0 Å². The van der Waals surface area contributed by atoms with E-state index in [-0.39, 0.29) is 25.5 Å². The fraction of sp³-hybridized carbons (Fsp3) is 0.800. The predicted octanol–water partition coefficient (Wildman–Crippen LogP) is 1.41. The summed E-state index contributed by atoms with van der Waals surface area (Å²) in [5, 5.41) is 0. The second kappa shape index (κ2) is 6.54. The van der Waals surface area contributed by atoms with E-state index in [0.29, 0.717) is 6.54 Å². The molecule has 0 atom stereocenters. The highest BCUT2D eigenvalue weighted by Crippen LogP contribution is 2.13. The number of amides is 2. The Morgan fingerprint density at radius 3 is 2.00 bits per heavy atom. The lowest BCUT2D eigenvalue weighted by molar-refractivity contribution is -0.160. The number of carbonyl (C=O) groups excluding carboxylic acids is 3. The number of rotatable bonds is 2. The van der Waals surface area contributed by atoms with Gasteiger partial charge >= 0.3 is 12.1 Å². The quantitative estimate of drug-likeness (QED) is 0.720. The third-order valence-corrected chi connectivity index (χ3v) is 2.71. The average molecular weight is 314 g/mol. The van der Waals surface area contributed by atoms with Crippen molar-refractivity contribution in [3.05, 3.63) is 0 Å². The number of ether oxygens (including phenoxy) is 2. The summed E-state index contributed by atoms with van der Waals surface area (Å²) in [4.78, 5) is 38.5. The van der Waals surface area contributed by atoms with E-state index < -0.39 is 23.3 Å². The average Bonchev–Trinajstić information content (AvgIpc) is 2.26. The molecule has 0 aromatic carbocycles. The first-order valence-corrected chi connectivity index (χ1v) is 7.35. The van der Waals surface area contributed by atoms with Gasteiger partial charge < -0.3 is 14.4 Å². The first-order valence-electron chi connectivity index (χ1n) is 7.35. The third kappa shape index (κ3) is 6.32. The van der Waals surface area contributed by atoms with E-state index in [1.165, 1.54) is 9.80 Å². The van der Waals surface area contributed by atoms with E-state index >= 15 is 0 Å². The van der Waals surface area contributed by atoms with Crippen LogP contribution in [0.1, 0.15) is 41.5 Å². The smallest absolute Gasteiger partial charge is 0.410 e. The predicted molar refractivity (Wildman–Crippen MR) is 80.2 cm³/mol. The SMILES string of the molecule is CC(C)(C)OC(=O)CN1CCN(C(=O)OC(C)(C)C)CC1=O. The molecule has 1 rings (SSSR count). The Labute approximate surface area is 131 Å². The summed E-state index contributed by atoms with van der Waals surface area (Å²) in [6, 6.07) is 0. The van der Waals surface area contributed by atoms with E-state index in [1.807, 2.05) is 0 Å². The van der Waals surface area contributed by atoms with Gasteiger partial charge in [0.05, 0.1) is 0 Å². The standard InChI is InChI=1S/C15H26N2O5/c1-14(2,3)21-12(19)10-16-7-8-17(9-11(16)18)13(20)22-15(4,5)6/h7-10H2,1-6H3. The van der Waals surface area contributed by atoms with Crippen LogP contribution in [0.15, 0.2) is 0 Å². The van der Waals surface area contributed by atoms with E-state index in [9.17, 15) is 14.4 Å². The summed E-state index contributed by atoms with van der Waals surface area (Å²) in [6.45, 7) is 11.1. The van der Waals surface area contributed by atoms with Crippen molar-refractivity contribution in [3.63, 3.8) is 0 Å². The van der Waals surface area contributed by atoms with Gasteiger partial charge in [0.2, 0.25) is 5.91 Å². The van der Waals surface area contributed by atoms with Crippen molar-refractivity contribution in [3.8, 4) is 0 Å². The zero-order chi connectivity index (χ0) is 17.1. The normalized spacial score (nSPS) is 16.5. The molecule has 0 unspecified atom stereocenters. The van der Waals surface area contributed by atoms with Crippen LogP contribution in [0, 0.1) is 0 Å². The van der Waals surface area contributed by atoms with Crippen LogP contribution in [0.4, 0.5) is 4.79 Å². The van der Waals surface area contributed by atoms with Crippen LogP contribution >= 0.6 is 0 Å². The first-order chi connectivity index (χ1) is 9.87. The molecule has 1 aliphatic heterocycles. The summed E-state index contributed by atoms with van der Waals surface area (Å²) in [7, 11) is 0. The van der Waals surface area contributed by atoms with Crippen LogP contribution in [0.5, 0.6) is 0 Å². The molecule has 1 heterocycles. The third-order valence-electron chi connectivity index (χ3n) is 2.71. The van der Waals surface area contributed by atoms with Crippen molar-refractivity contribution in [2.75, 3.05) is 26.2 Å². The Morgan fingerprint density at radius 2 is 1.55 bits per heavy atom. The van der Waals surface area contributed by atoms with Crippen LogP contribution in [0.25, 0.3) is 0 Å². The summed E-state index contributed by atoms with van der Waals surface area (Å²) in [6.07, 6.45) is -0.516. The number of piperazine rings is 1. The molecule has 1 saturated heterocycles. The summed E-state index contributed by atoms with van der Waals surface area (Å²) in [5.74, 6) is -0.741. The fourth-order valence-corrected chi connectivity index (χ4v) is 1.89. The van der Waals surface area contributed by atoms with E-state index in [2.05, 4.69) is 0 Å². The molecular formula is C15H26N2O5. The molecule has 22 heavy (non-hydrogen) atoms. The van der Waals surface area contributed by atoms with Crippen LogP contribution in [-0.2, 0) is 19.1 Å². The molecule has 0 saturated carbocycles. The van der Waals surface area contributed by atoms with E-state index in [4.69, 9.17) is 9.47 Å².